The van der Waals surface area contributed by atoms with Crippen molar-refractivity contribution in [2.45, 2.75) is 51.5 Å². The van der Waals surface area contributed by atoms with Gasteiger partial charge in [-0.05, 0) is 25.2 Å². The van der Waals surface area contributed by atoms with Crippen molar-refractivity contribution >= 4 is 23.1 Å². The van der Waals surface area contributed by atoms with Gasteiger partial charge < -0.3 is 11.1 Å². The molecule has 0 bridgehead atoms. The Labute approximate surface area is 96.8 Å². The first kappa shape index (κ1) is 12.4. The van der Waals surface area contributed by atoms with Crippen LogP contribution in [0, 0.1) is 5.92 Å². The summed E-state index contributed by atoms with van der Waals surface area (Å²) in [5.74, 6) is 0.589. The molecule has 4 heteroatoms. The van der Waals surface area contributed by atoms with Gasteiger partial charge in [0.1, 0.15) is 0 Å². The van der Waals surface area contributed by atoms with Crippen molar-refractivity contribution in [2.75, 3.05) is 0 Å². The zero-order valence-electron chi connectivity index (χ0n) is 9.29. The number of carbonyl (C=O) groups excluding carboxylic acids is 1. The van der Waals surface area contributed by atoms with Crippen molar-refractivity contribution in [3.63, 3.8) is 0 Å². The molecule has 1 amide bonds. The fraction of sp³-hybridized carbons (Fsp3) is 0.818. The van der Waals surface area contributed by atoms with Crippen molar-refractivity contribution in [3.05, 3.63) is 0 Å². The van der Waals surface area contributed by atoms with Crippen molar-refractivity contribution in [3.8, 4) is 0 Å². The quantitative estimate of drug-likeness (QED) is 0.515. The van der Waals surface area contributed by atoms with Gasteiger partial charge in [0.15, 0.2) is 0 Å². The summed E-state index contributed by atoms with van der Waals surface area (Å²) in [5.41, 5.74) is 5.60. The van der Waals surface area contributed by atoms with E-state index in [1.54, 1.807) is 0 Å². The highest BCUT2D eigenvalue weighted by atomic mass is 32.1. The molecule has 0 spiro atoms. The van der Waals surface area contributed by atoms with Gasteiger partial charge in [-0.1, -0.05) is 32.0 Å². The van der Waals surface area contributed by atoms with E-state index in [4.69, 9.17) is 18.0 Å². The molecule has 15 heavy (non-hydrogen) atoms. The van der Waals surface area contributed by atoms with Crippen molar-refractivity contribution < 1.29 is 4.79 Å². The summed E-state index contributed by atoms with van der Waals surface area (Å²) >= 11 is 4.95. The second-order valence-electron chi connectivity index (χ2n) is 4.24. The van der Waals surface area contributed by atoms with Crippen LogP contribution >= 0.6 is 12.2 Å². The number of amides is 1. The lowest BCUT2D eigenvalue weighted by molar-refractivity contribution is -0.121. The van der Waals surface area contributed by atoms with Gasteiger partial charge >= 0.3 is 0 Å². The summed E-state index contributed by atoms with van der Waals surface area (Å²) < 4.78 is 0. The Bertz CT molecular complexity index is 239. The Balaban J connectivity index is 2.24. The number of rotatable bonds is 7. The lowest BCUT2D eigenvalue weighted by Crippen LogP contribution is -2.44. The first-order valence-corrected chi connectivity index (χ1v) is 6.14. The van der Waals surface area contributed by atoms with Gasteiger partial charge in [0.2, 0.25) is 5.91 Å². The second kappa shape index (κ2) is 6.05. The summed E-state index contributed by atoms with van der Waals surface area (Å²) in [6.45, 7) is 2.12. The summed E-state index contributed by atoms with van der Waals surface area (Å²) in [7, 11) is 0. The Morgan fingerprint density at radius 1 is 1.53 bits per heavy atom. The third-order valence-electron chi connectivity index (χ3n) is 2.72. The molecule has 1 atom stereocenters. The SMILES string of the molecule is CCCCCC(=O)NC(C(N)=S)C1CC1. The normalized spacial score (nSPS) is 17.1. The first-order chi connectivity index (χ1) is 7.15. The minimum absolute atomic E-state index is 0.0610. The molecule has 0 aromatic rings. The number of nitrogens with two attached hydrogens (primary N) is 1. The minimum Gasteiger partial charge on any atom is -0.392 e. The molecule has 1 aliphatic carbocycles. The highest BCUT2D eigenvalue weighted by molar-refractivity contribution is 7.80. The van der Waals surface area contributed by atoms with Crippen LogP contribution in [-0.4, -0.2) is 16.9 Å². The standard InChI is InChI=1S/C11H20N2OS/c1-2-3-4-5-9(14)13-10(11(12)15)8-6-7-8/h8,10H,2-7H2,1H3,(H2,12,15)(H,13,14). The number of thiocarbonyl (C=S) groups is 1. The molecule has 1 rings (SSSR count). The zero-order chi connectivity index (χ0) is 11.3. The van der Waals surface area contributed by atoms with Gasteiger partial charge in [0.25, 0.3) is 0 Å². The molecule has 0 radical (unpaired) electrons. The highest BCUT2D eigenvalue weighted by Crippen LogP contribution is 2.32. The zero-order valence-corrected chi connectivity index (χ0v) is 10.1. The smallest absolute Gasteiger partial charge is 0.220 e. The van der Waals surface area contributed by atoms with E-state index >= 15 is 0 Å². The summed E-state index contributed by atoms with van der Waals surface area (Å²) in [5, 5.41) is 2.93. The molecular formula is C11H20N2OS. The van der Waals surface area contributed by atoms with Crippen LogP contribution < -0.4 is 11.1 Å². The van der Waals surface area contributed by atoms with E-state index in [0.717, 1.165) is 32.1 Å². The van der Waals surface area contributed by atoms with Crippen LogP contribution in [0.5, 0.6) is 0 Å². The molecule has 0 aromatic heterocycles. The number of unbranched alkanes of at least 4 members (excludes halogenated alkanes) is 2. The van der Waals surface area contributed by atoms with Crippen LogP contribution in [-0.2, 0) is 4.79 Å². The number of hydrogen-bond donors (Lipinski definition) is 2. The predicted molar refractivity (Wildman–Crippen MR) is 65.6 cm³/mol. The number of nitrogens with one attached hydrogen (secondary N) is 1. The van der Waals surface area contributed by atoms with Crippen LogP contribution in [0.15, 0.2) is 0 Å². The Morgan fingerprint density at radius 2 is 2.20 bits per heavy atom. The molecule has 3 N–H and O–H groups in total. The average molecular weight is 228 g/mol. The topological polar surface area (TPSA) is 55.1 Å². The lowest BCUT2D eigenvalue weighted by Gasteiger charge is -2.16. The van der Waals surface area contributed by atoms with E-state index in [9.17, 15) is 4.79 Å². The van der Waals surface area contributed by atoms with Crippen LogP contribution in [0.25, 0.3) is 0 Å². The molecule has 86 valence electrons. The van der Waals surface area contributed by atoms with Gasteiger partial charge in [-0.15, -0.1) is 0 Å². The Kier molecular flexibility index (Phi) is 5.02. The molecule has 1 unspecified atom stereocenters. The predicted octanol–water partition coefficient (Wildman–Crippen LogP) is 1.75. The maximum absolute atomic E-state index is 11.5. The van der Waals surface area contributed by atoms with Gasteiger partial charge in [0, 0.05) is 6.42 Å². The van der Waals surface area contributed by atoms with E-state index < -0.39 is 0 Å². The van der Waals surface area contributed by atoms with Crippen LogP contribution in [0.2, 0.25) is 0 Å². The lowest BCUT2D eigenvalue weighted by atomic mass is 10.1. The maximum Gasteiger partial charge on any atom is 0.220 e. The molecular weight excluding hydrogens is 208 g/mol. The van der Waals surface area contributed by atoms with E-state index in [2.05, 4.69) is 12.2 Å². The number of carbonyl (C=O) groups is 1. The fourth-order valence-corrected chi connectivity index (χ4v) is 1.88. The Morgan fingerprint density at radius 3 is 2.67 bits per heavy atom. The molecule has 1 aliphatic rings. The fourth-order valence-electron chi connectivity index (χ4n) is 1.63. The van der Waals surface area contributed by atoms with Gasteiger partial charge in [-0.25, -0.2) is 0 Å². The van der Waals surface area contributed by atoms with E-state index in [1.807, 2.05) is 0 Å². The van der Waals surface area contributed by atoms with Crippen LogP contribution in [0.1, 0.15) is 45.4 Å². The third kappa shape index (κ3) is 4.60. The van der Waals surface area contributed by atoms with Crippen molar-refractivity contribution in [2.24, 2.45) is 11.7 Å². The van der Waals surface area contributed by atoms with Gasteiger partial charge in [-0.2, -0.15) is 0 Å². The molecule has 1 saturated carbocycles. The summed E-state index contributed by atoms with van der Waals surface area (Å²) in [6.07, 6.45) is 6.06. The first-order valence-electron chi connectivity index (χ1n) is 5.73. The number of hydrogen-bond acceptors (Lipinski definition) is 2. The van der Waals surface area contributed by atoms with Crippen molar-refractivity contribution in [1.29, 1.82) is 0 Å². The average Bonchev–Trinajstić information content (AvgIpc) is 2.97. The second-order valence-corrected chi connectivity index (χ2v) is 4.71. The van der Waals surface area contributed by atoms with Crippen molar-refractivity contribution in [1.82, 2.24) is 5.32 Å². The third-order valence-corrected chi connectivity index (χ3v) is 2.98. The van der Waals surface area contributed by atoms with E-state index in [0.29, 0.717) is 17.3 Å². The molecule has 0 saturated heterocycles. The molecule has 1 fully saturated rings. The maximum atomic E-state index is 11.5. The largest absolute Gasteiger partial charge is 0.392 e. The Hall–Kier alpha value is -0.640. The monoisotopic (exact) mass is 228 g/mol. The highest BCUT2D eigenvalue weighted by Gasteiger charge is 2.33. The summed E-state index contributed by atoms with van der Waals surface area (Å²) in [4.78, 5) is 12.0. The minimum atomic E-state index is -0.0610. The van der Waals surface area contributed by atoms with E-state index in [1.165, 1.54) is 0 Å². The van der Waals surface area contributed by atoms with Crippen LogP contribution in [0.4, 0.5) is 0 Å². The van der Waals surface area contributed by atoms with Gasteiger partial charge in [-0.3, -0.25) is 4.79 Å². The van der Waals surface area contributed by atoms with Crippen LogP contribution in [0.3, 0.4) is 0 Å². The summed E-state index contributed by atoms with van der Waals surface area (Å²) in [6, 6.07) is -0.0610. The molecule has 3 nitrogen and oxygen atoms in total. The molecule has 0 aliphatic heterocycles. The molecule has 0 aromatic carbocycles. The van der Waals surface area contributed by atoms with Gasteiger partial charge in [0.05, 0.1) is 11.0 Å². The van der Waals surface area contributed by atoms with E-state index in [-0.39, 0.29) is 11.9 Å². The molecule has 0 heterocycles.